The van der Waals surface area contributed by atoms with Gasteiger partial charge in [-0.05, 0) is 42.6 Å². The van der Waals surface area contributed by atoms with Crippen LogP contribution in [0.15, 0.2) is 54.6 Å². The van der Waals surface area contributed by atoms with Gasteiger partial charge < -0.3 is 34.8 Å². The average Bonchev–Trinajstić information content (AvgIpc) is 3.01. The summed E-state index contributed by atoms with van der Waals surface area (Å²) in [7, 11) is 3.56. The van der Waals surface area contributed by atoms with Crippen LogP contribution in [0.1, 0.15) is 37.4 Å². The molecule has 0 aliphatic carbocycles. The van der Waals surface area contributed by atoms with Gasteiger partial charge in [-0.25, -0.2) is 0 Å². The minimum absolute atomic E-state index is 0.101. The molecule has 0 radical (unpaired) electrons. The fourth-order valence-electron chi connectivity index (χ4n) is 5.68. The number of hydrogen-bond donors (Lipinski definition) is 2. The minimum atomic E-state index is -0.859. The fourth-order valence-corrected chi connectivity index (χ4v) is 5.68. The van der Waals surface area contributed by atoms with Crippen LogP contribution in [0.3, 0.4) is 0 Å². The van der Waals surface area contributed by atoms with E-state index >= 15 is 0 Å². The highest BCUT2D eigenvalue weighted by molar-refractivity contribution is 5.93. The molecule has 11 heteroatoms. The molecule has 0 aromatic heterocycles. The summed E-state index contributed by atoms with van der Waals surface area (Å²) in [5.74, 6) is -0.867. The summed E-state index contributed by atoms with van der Waals surface area (Å²) in [6, 6.07) is 15.2. The van der Waals surface area contributed by atoms with Crippen molar-refractivity contribution in [3.63, 3.8) is 0 Å². The zero-order valence-electron chi connectivity index (χ0n) is 26.2. The zero-order chi connectivity index (χ0) is 31.6. The predicted molar refractivity (Wildman–Crippen MR) is 166 cm³/mol. The minimum Gasteiger partial charge on any atom is -0.484 e. The number of fused-ring (bicyclic) bond motifs is 13. The molecule has 3 aliphatic heterocycles. The summed E-state index contributed by atoms with van der Waals surface area (Å²) in [6.07, 6.45) is 0.636. The standard InChI is InChI=1S/C33H45N5O6/c1-23(2)18-27-32(41)37(16-17-43-4)21-30(39)34-28(19-24-10-12-26(13-11-24)44-22-31(40)35-27)33(42)38-15-14-36(3)20-29(38)25-8-6-5-7-9-25/h5-13,23,27-29H,14-22H2,1-4H3,(H,34,39)(H,35,40)/t27-,28-,29+/m0/s1. The molecule has 1 saturated heterocycles. The van der Waals surface area contributed by atoms with Crippen molar-refractivity contribution in [2.45, 2.75) is 44.8 Å². The number of nitrogens with one attached hydrogen (secondary N) is 2. The Bertz CT molecular complexity index is 1270. The monoisotopic (exact) mass is 607 g/mol. The number of amides is 4. The van der Waals surface area contributed by atoms with Crippen LogP contribution in [0.5, 0.6) is 5.75 Å². The molecule has 2 aromatic rings. The van der Waals surface area contributed by atoms with E-state index in [2.05, 4.69) is 15.5 Å². The molecule has 11 nitrogen and oxygen atoms in total. The van der Waals surface area contributed by atoms with Crippen molar-refractivity contribution in [3.8, 4) is 5.75 Å². The van der Waals surface area contributed by atoms with Crippen LogP contribution in [0, 0.1) is 5.92 Å². The van der Waals surface area contributed by atoms with Crippen LogP contribution in [0.25, 0.3) is 0 Å². The number of ether oxygens (including phenoxy) is 2. The van der Waals surface area contributed by atoms with Gasteiger partial charge in [-0.15, -0.1) is 0 Å². The van der Waals surface area contributed by atoms with Crippen LogP contribution >= 0.6 is 0 Å². The van der Waals surface area contributed by atoms with Gasteiger partial charge in [0.15, 0.2) is 6.61 Å². The third-order valence-electron chi connectivity index (χ3n) is 7.97. The highest BCUT2D eigenvalue weighted by Gasteiger charge is 2.36. The van der Waals surface area contributed by atoms with Crippen molar-refractivity contribution in [2.24, 2.45) is 5.92 Å². The van der Waals surface area contributed by atoms with E-state index in [1.54, 1.807) is 12.1 Å². The third-order valence-corrected chi connectivity index (χ3v) is 7.97. The molecule has 2 N–H and O–H groups in total. The quantitative estimate of drug-likeness (QED) is 0.459. The second kappa shape index (κ2) is 15.7. The maximum atomic E-state index is 14.3. The molecule has 238 valence electrons. The van der Waals surface area contributed by atoms with Gasteiger partial charge in [0.1, 0.15) is 17.8 Å². The maximum absolute atomic E-state index is 14.3. The number of benzene rings is 2. The Labute approximate surface area is 259 Å². The summed E-state index contributed by atoms with van der Waals surface area (Å²) < 4.78 is 10.9. The molecule has 3 aliphatic rings. The number of piperazine rings is 1. The Morgan fingerprint density at radius 1 is 1.00 bits per heavy atom. The normalized spacial score (nSPS) is 22.5. The van der Waals surface area contributed by atoms with Crippen LogP contribution in [0.4, 0.5) is 0 Å². The Morgan fingerprint density at radius 3 is 2.41 bits per heavy atom. The van der Waals surface area contributed by atoms with Crippen LogP contribution in [0.2, 0.25) is 0 Å². The number of carbonyl (C=O) groups excluding carboxylic acids is 4. The first-order valence-corrected chi connectivity index (χ1v) is 15.3. The molecule has 0 spiro atoms. The van der Waals surface area contributed by atoms with Crippen molar-refractivity contribution in [3.05, 3.63) is 65.7 Å². The van der Waals surface area contributed by atoms with Gasteiger partial charge in [0.05, 0.1) is 19.2 Å². The van der Waals surface area contributed by atoms with Crippen LogP contribution in [-0.2, 0) is 30.3 Å². The molecule has 3 atom stereocenters. The van der Waals surface area contributed by atoms with Gasteiger partial charge in [-0.2, -0.15) is 0 Å². The zero-order valence-corrected chi connectivity index (χ0v) is 26.2. The van der Waals surface area contributed by atoms with E-state index in [1.165, 1.54) is 12.0 Å². The fraction of sp³-hybridized carbons (Fsp3) is 0.515. The molecule has 5 rings (SSSR count). The van der Waals surface area contributed by atoms with E-state index in [9.17, 15) is 19.2 Å². The second-order valence-electron chi connectivity index (χ2n) is 12.0. The number of hydrogen-bond acceptors (Lipinski definition) is 7. The van der Waals surface area contributed by atoms with Crippen molar-refractivity contribution in [1.29, 1.82) is 0 Å². The molecular weight excluding hydrogens is 562 g/mol. The van der Waals surface area contributed by atoms with E-state index in [4.69, 9.17) is 9.47 Å². The maximum Gasteiger partial charge on any atom is 0.258 e. The third kappa shape index (κ3) is 9.03. The Hall–Kier alpha value is -3.96. The first-order chi connectivity index (χ1) is 21.1. The molecule has 44 heavy (non-hydrogen) atoms. The first-order valence-electron chi connectivity index (χ1n) is 15.3. The summed E-state index contributed by atoms with van der Waals surface area (Å²) in [5.41, 5.74) is 1.85. The topological polar surface area (TPSA) is 121 Å². The summed E-state index contributed by atoms with van der Waals surface area (Å²) >= 11 is 0. The largest absolute Gasteiger partial charge is 0.484 e. The Kier molecular flexibility index (Phi) is 11.7. The lowest BCUT2D eigenvalue weighted by atomic mass is 9.99. The van der Waals surface area contributed by atoms with E-state index in [-0.39, 0.29) is 56.5 Å². The first kappa shape index (κ1) is 32.9. The molecular formula is C33H45N5O6. The SMILES string of the molecule is COCCN1CC(=O)N[C@H](C(=O)N2CCN(C)C[C@@H]2c2ccccc2)Cc2ccc(cc2)OCC(=O)N[C@@H](CC(C)C)C1=O. The molecule has 1 fully saturated rings. The lowest BCUT2D eigenvalue weighted by molar-refractivity contribution is -0.143. The lowest BCUT2D eigenvalue weighted by Crippen LogP contribution is -2.58. The predicted octanol–water partition coefficient (Wildman–Crippen LogP) is 1.63. The Morgan fingerprint density at radius 2 is 1.73 bits per heavy atom. The Balaban J connectivity index is 1.66. The van der Waals surface area contributed by atoms with Crippen LogP contribution < -0.4 is 15.4 Å². The van der Waals surface area contributed by atoms with E-state index < -0.39 is 23.9 Å². The number of methoxy groups -OCH3 is 1. The van der Waals surface area contributed by atoms with Crippen molar-refractivity contribution < 1.29 is 28.7 Å². The van der Waals surface area contributed by atoms with Gasteiger partial charge in [-0.1, -0.05) is 56.3 Å². The number of carbonyl (C=O) groups is 4. The molecule has 2 bridgehead atoms. The van der Waals surface area contributed by atoms with Crippen molar-refractivity contribution in [1.82, 2.24) is 25.3 Å². The van der Waals surface area contributed by atoms with Gasteiger partial charge in [0.25, 0.3) is 5.91 Å². The molecule has 3 heterocycles. The van der Waals surface area contributed by atoms with Crippen molar-refractivity contribution >= 4 is 23.6 Å². The number of rotatable bonds is 7. The van der Waals surface area contributed by atoms with Gasteiger partial charge in [-0.3, -0.25) is 19.2 Å². The molecule has 2 aromatic carbocycles. The van der Waals surface area contributed by atoms with Gasteiger partial charge in [0, 0.05) is 39.7 Å². The summed E-state index contributed by atoms with van der Waals surface area (Å²) in [4.78, 5) is 59.8. The van der Waals surface area contributed by atoms with Crippen molar-refractivity contribution in [2.75, 3.05) is 60.1 Å². The smallest absolute Gasteiger partial charge is 0.258 e. The molecule has 0 saturated carbocycles. The average molecular weight is 608 g/mol. The lowest BCUT2D eigenvalue weighted by Gasteiger charge is -2.42. The molecule has 0 unspecified atom stereocenters. The van der Waals surface area contributed by atoms with E-state index in [0.29, 0.717) is 31.8 Å². The van der Waals surface area contributed by atoms with Gasteiger partial charge >= 0.3 is 0 Å². The van der Waals surface area contributed by atoms with Crippen LogP contribution in [-0.4, -0.2) is 111 Å². The number of nitrogens with zero attached hydrogens (tertiary/aromatic N) is 3. The van der Waals surface area contributed by atoms with Gasteiger partial charge in [0.2, 0.25) is 17.7 Å². The summed E-state index contributed by atoms with van der Waals surface area (Å²) in [6.45, 7) is 5.63. The molecule has 4 amide bonds. The highest BCUT2D eigenvalue weighted by atomic mass is 16.5. The number of likely N-dealkylation sites (N-methyl/N-ethyl adjacent to an activating group) is 1. The van der Waals surface area contributed by atoms with E-state index in [1.807, 2.05) is 68.3 Å². The van der Waals surface area contributed by atoms with E-state index in [0.717, 1.165) is 11.1 Å². The highest BCUT2D eigenvalue weighted by Crippen LogP contribution is 2.26. The second-order valence-corrected chi connectivity index (χ2v) is 12.0. The summed E-state index contributed by atoms with van der Waals surface area (Å²) in [5, 5.41) is 5.75.